The molecule has 0 saturated heterocycles. The minimum atomic E-state index is -0.668. The lowest BCUT2D eigenvalue weighted by Crippen LogP contribution is -2.24. The number of esters is 1. The molecule has 0 unspecified atom stereocenters. The van der Waals surface area contributed by atoms with Gasteiger partial charge < -0.3 is 26.8 Å². The fourth-order valence-corrected chi connectivity index (χ4v) is 1.94. The molecular weight excluding hydrogens is 324 g/mol. The number of carbonyl (C=O) groups is 3. The van der Waals surface area contributed by atoms with Crippen LogP contribution in [0.4, 0.5) is 11.4 Å². The van der Waals surface area contributed by atoms with Gasteiger partial charge in [0.05, 0.1) is 5.56 Å². The first kappa shape index (κ1) is 20.6. The molecule has 0 atom stereocenters. The van der Waals surface area contributed by atoms with Crippen molar-refractivity contribution in [3.8, 4) is 0 Å². The molecule has 0 bridgehead atoms. The zero-order chi connectivity index (χ0) is 19.0. The fourth-order valence-electron chi connectivity index (χ4n) is 1.94. The predicted octanol–water partition coefficient (Wildman–Crippen LogP) is 1.22. The zero-order valence-electron chi connectivity index (χ0n) is 14.8. The van der Waals surface area contributed by atoms with E-state index in [-0.39, 0.29) is 43.3 Å². The molecule has 0 aliphatic rings. The third kappa shape index (κ3) is 7.77. The number of amides is 2. The van der Waals surface area contributed by atoms with Crippen molar-refractivity contribution < 1.29 is 19.1 Å². The molecule has 1 aromatic rings. The van der Waals surface area contributed by atoms with E-state index in [1.165, 1.54) is 12.1 Å². The second-order valence-electron chi connectivity index (χ2n) is 6.47. The third-order valence-electron chi connectivity index (χ3n) is 2.88. The van der Waals surface area contributed by atoms with Crippen LogP contribution in [0.2, 0.25) is 0 Å². The summed E-state index contributed by atoms with van der Waals surface area (Å²) in [5, 5.41) is 5.29. The highest BCUT2D eigenvalue weighted by Crippen LogP contribution is 2.22. The van der Waals surface area contributed by atoms with Gasteiger partial charge in [0.2, 0.25) is 11.8 Å². The van der Waals surface area contributed by atoms with E-state index in [4.69, 9.17) is 16.2 Å². The Kier molecular flexibility index (Phi) is 7.53. The van der Waals surface area contributed by atoms with Crippen molar-refractivity contribution in [2.45, 2.75) is 39.2 Å². The second-order valence-corrected chi connectivity index (χ2v) is 6.47. The van der Waals surface area contributed by atoms with Gasteiger partial charge in [-0.3, -0.25) is 9.59 Å². The SMILES string of the molecule is CC(C)(C)OC(=O)c1cc(NC(=O)CCN)cc(NC(=O)CCN)c1. The Labute approximate surface area is 147 Å². The molecule has 138 valence electrons. The Bertz CT molecular complexity index is 600. The van der Waals surface area contributed by atoms with Gasteiger partial charge in [-0.2, -0.15) is 0 Å². The largest absolute Gasteiger partial charge is 0.456 e. The Morgan fingerprint density at radius 1 is 0.920 bits per heavy atom. The van der Waals surface area contributed by atoms with Crippen LogP contribution in [0, 0.1) is 0 Å². The summed E-state index contributed by atoms with van der Waals surface area (Å²) >= 11 is 0. The summed E-state index contributed by atoms with van der Waals surface area (Å²) in [6, 6.07) is 4.53. The van der Waals surface area contributed by atoms with E-state index in [0.29, 0.717) is 11.4 Å². The van der Waals surface area contributed by atoms with Crippen LogP contribution in [0.1, 0.15) is 44.0 Å². The second kappa shape index (κ2) is 9.14. The molecule has 0 fully saturated rings. The van der Waals surface area contributed by atoms with Crippen molar-refractivity contribution in [2.24, 2.45) is 11.5 Å². The maximum atomic E-state index is 12.3. The average Bonchev–Trinajstić information content (AvgIpc) is 2.45. The summed E-state index contributed by atoms with van der Waals surface area (Å²) < 4.78 is 5.33. The number of carbonyl (C=O) groups excluding carboxylic acids is 3. The van der Waals surface area contributed by atoms with Crippen molar-refractivity contribution in [1.82, 2.24) is 0 Å². The molecule has 2 amide bonds. The number of ether oxygens (including phenoxy) is 1. The van der Waals surface area contributed by atoms with Crippen molar-refractivity contribution in [1.29, 1.82) is 0 Å². The van der Waals surface area contributed by atoms with Gasteiger partial charge in [-0.1, -0.05) is 0 Å². The zero-order valence-corrected chi connectivity index (χ0v) is 14.8. The molecule has 0 saturated carbocycles. The topological polar surface area (TPSA) is 137 Å². The number of nitrogens with two attached hydrogens (primary N) is 2. The molecule has 0 heterocycles. The monoisotopic (exact) mass is 350 g/mol. The quantitative estimate of drug-likeness (QED) is 0.546. The smallest absolute Gasteiger partial charge is 0.338 e. The molecule has 8 nitrogen and oxygen atoms in total. The third-order valence-corrected chi connectivity index (χ3v) is 2.88. The van der Waals surface area contributed by atoms with Crippen LogP contribution in [0.25, 0.3) is 0 Å². The van der Waals surface area contributed by atoms with Gasteiger partial charge >= 0.3 is 5.97 Å². The van der Waals surface area contributed by atoms with Crippen LogP contribution < -0.4 is 22.1 Å². The van der Waals surface area contributed by atoms with Crippen molar-refractivity contribution >= 4 is 29.2 Å². The summed E-state index contributed by atoms with van der Waals surface area (Å²) in [6.07, 6.45) is 0.289. The highest BCUT2D eigenvalue weighted by Gasteiger charge is 2.19. The summed E-state index contributed by atoms with van der Waals surface area (Å²) in [5.41, 5.74) is 11.0. The number of hydrogen-bond donors (Lipinski definition) is 4. The minimum absolute atomic E-state index is 0.144. The fraction of sp³-hybridized carbons (Fsp3) is 0.471. The Morgan fingerprint density at radius 2 is 1.36 bits per heavy atom. The van der Waals surface area contributed by atoms with E-state index in [2.05, 4.69) is 10.6 Å². The van der Waals surface area contributed by atoms with Crippen LogP contribution in [-0.2, 0) is 14.3 Å². The minimum Gasteiger partial charge on any atom is -0.456 e. The van der Waals surface area contributed by atoms with Crippen molar-refractivity contribution in [2.75, 3.05) is 23.7 Å². The van der Waals surface area contributed by atoms with E-state index >= 15 is 0 Å². The first-order valence-electron chi connectivity index (χ1n) is 8.03. The highest BCUT2D eigenvalue weighted by atomic mass is 16.6. The molecule has 0 aliphatic carbocycles. The van der Waals surface area contributed by atoms with Crippen molar-refractivity contribution in [3.63, 3.8) is 0 Å². The Hall–Kier alpha value is -2.45. The number of benzene rings is 1. The van der Waals surface area contributed by atoms with Gasteiger partial charge in [0.25, 0.3) is 0 Å². The van der Waals surface area contributed by atoms with Gasteiger partial charge in [0, 0.05) is 37.3 Å². The van der Waals surface area contributed by atoms with Gasteiger partial charge in [0.15, 0.2) is 0 Å². The van der Waals surface area contributed by atoms with Crippen molar-refractivity contribution in [3.05, 3.63) is 23.8 Å². The van der Waals surface area contributed by atoms with E-state index in [1.54, 1.807) is 26.8 Å². The molecule has 0 aliphatic heterocycles. The van der Waals surface area contributed by atoms with Crippen LogP contribution >= 0.6 is 0 Å². The lowest BCUT2D eigenvalue weighted by molar-refractivity contribution is -0.116. The first-order valence-corrected chi connectivity index (χ1v) is 8.03. The molecule has 0 aromatic heterocycles. The van der Waals surface area contributed by atoms with Gasteiger partial charge in [-0.25, -0.2) is 4.79 Å². The Morgan fingerprint density at radius 3 is 1.72 bits per heavy atom. The van der Waals surface area contributed by atoms with E-state index in [1.807, 2.05) is 0 Å². The molecule has 8 heteroatoms. The van der Waals surface area contributed by atoms with E-state index < -0.39 is 11.6 Å². The van der Waals surface area contributed by atoms with Gasteiger partial charge in [-0.05, 0) is 39.0 Å². The van der Waals surface area contributed by atoms with Crippen LogP contribution in [0.5, 0.6) is 0 Å². The number of rotatable bonds is 7. The van der Waals surface area contributed by atoms with Crippen LogP contribution in [0.15, 0.2) is 18.2 Å². The molecular formula is C17H26N4O4. The maximum Gasteiger partial charge on any atom is 0.338 e. The normalized spacial score (nSPS) is 10.9. The summed E-state index contributed by atoms with van der Waals surface area (Å²) in [4.78, 5) is 35.8. The molecule has 0 radical (unpaired) electrons. The maximum absolute atomic E-state index is 12.3. The molecule has 1 rings (SSSR count). The van der Waals surface area contributed by atoms with Crippen LogP contribution in [0.3, 0.4) is 0 Å². The first-order chi connectivity index (χ1) is 11.6. The van der Waals surface area contributed by atoms with Crippen LogP contribution in [-0.4, -0.2) is 36.5 Å². The molecule has 25 heavy (non-hydrogen) atoms. The summed E-state index contributed by atoms with van der Waals surface area (Å²) in [5.74, 6) is -1.14. The van der Waals surface area contributed by atoms with Gasteiger partial charge in [-0.15, -0.1) is 0 Å². The molecule has 6 N–H and O–H groups in total. The molecule has 1 aromatic carbocycles. The number of nitrogens with one attached hydrogen (secondary N) is 2. The summed E-state index contributed by atoms with van der Waals surface area (Å²) in [6.45, 7) is 5.67. The lowest BCUT2D eigenvalue weighted by atomic mass is 10.1. The molecule has 0 spiro atoms. The van der Waals surface area contributed by atoms with Gasteiger partial charge in [0.1, 0.15) is 5.60 Å². The number of hydrogen-bond acceptors (Lipinski definition) is 6. The highest BCUT2D eigenvalue weighted by molar-refractivity contribution is 5.98. The Balaban J connectivity index is 3.10. The van der Waals surface area contributed by atoms with E-state index in [9.17, 15) is 14.4 Å². The summed E-state index contributed by atoms with van der Waals surface area (Å²) in [7, 11) is 0. The predicted molar refractivity (Wildman–Crippen MR) is 96.2 cm³/mol. The standard InChI is InChI=1S/C17H26N4O4/c1-17(2,3)25-16(24)11-8-12(20-14(22)4-6-18)10-13(9-11)21-15(23)5-7-19/h8-10H,4-7,18-19H2,1-3H3,(H,20,22)(H,21,23). The average molecular weight is 350 g/mol. The van der Waals surface area contributed by atoms with E-state index in [0.717, 1.165) is 0 Å². The lowest BCUT2D eigenvalue weighted by Gasteiger charge is -2.20. The number of anilines is 2.